The van der Waals surface area contributed by atoms with Crippen molar-refractivity contribution in [1.82, 2.24) is 0 Å². The van der Waals surface area contributed by atoms with Crippen LogP contribution in [-0.4, -0.2) is 33.3 Å². The third kappa shape index (κ3) is 3.10. The predicted octanol–water partition coefficient (Wildman–Crippen LogP) is 5.05. The van der Waals surface area contributed by atoms with Gasteiger partial charge >= 0.3 is 6.16 Å². The Bertz CT molecular complexity index is 528. The van der Waals surface area contributed by atoms with E-state index < -0.39 is 20.1 Å². The maximum Gasteiger partial charge on any atom is 0.509 e. The highest BCUT2D eigenvalue weighted by molar-refractivity contribution is 6.74. The normalized spacial score (nSPS) is 28.1. The second-order valence-electron chi connectivity index (χ2n) is 9.07. The second-order valence-corrected chi connectivity index (χ2v) is 13.9. The molecule has 1 aliphatic heterocycles. The van der Waals surface area contributed by atoms with Crippen LogP contribution in [0.25, 0.3) is 0 Å². The van der Waals surface area contributed by atoms with Gasteiger partial charge in [0, 0.05) is 5.41 Å². The summed E-state index contributed by atoms with van der Waals surface area (Å²) >= 11 is 0. The zero-order valence-corrected chi connectivity index (χ0v) is 17.0. The lowest BCUT2D eigenvalue weighted by molar-refractivity contribution is -0.0407. The van der Waals surface area contributed by atoms with E-state index in [2.05, 4.69) is 54.6 Å². The number of carbonyl (C=O) groups is 1. The Kier molecular flexibility index (Phi) is 4.53. The van der Waals surface area contributed by atoms with E-state index in [-0.39, 0.29) is 10.5 Å². The molecule has 5 heteroatoms. The van der Waals surface area contributed by atoms with Gasteiger partial charge in [0.15, 0.2) is 13.9 Å². The highest BCUT2D eigenvalue weighted by Crippen LogP contribution is 2.52. The average Bonchev–Trinajstić information content (AvgIpc) is 2.76. The van der Waals surface area contributed by atoms with Gasteiger partial charge in [0.2, 0.25) is 0 Å². The molecule has 1 spiro atoms. The molecule has 0 aromatic carbocycles. The second kappa shape index (κ2) is 5.62. The van der Waals surface area contributed by atoms with E-state index in [4.69, 9.17) is 13.9 Å². The highest BCUT2D eigenvalue weighted by Gasteiger charge is 2.57. The van der Waals surface area contributed by atoms with Gasteiger partial charge in [-0.15, -0.1) is 0 Å². The fourth-order valence-electron chi connectivity index (χ4n) is 3.26. The Hall–Kier alpha value is -0.813. The molecule has 0 bridgehead atoms. The van der Waals surface area contributed by atoms with E-state index in [1.54, 1.807) is 0 Å². The van der Waals surface area contributed by atoms with Crippen molar-refractivity contribution in [3.05, 3.63) is 11.1 Å². The molecule has 1 heterocycles. The van der Waals surface area contributed by atoms with Crippen molar-refractivity contribution >= 4 is 14.5 Å². The first kappa shape index (κ1) is 18.5. The van der Waals surface area contributed by atoms with Gasteiger partial charge in [0.05, 0.1) is 6.61 Å². The Morgan fingerprint density at radius 2 is 1.87 bits per heavy atom. The summed E-state index contributed by atoms with van der Waals surface area (Å²) in [5, 5.41) is 0.181. The van der Waals surface area contributed by atoms with Crippen LogP contribution in [0.4, 0.5) is 4.79 Å². The van der Waals surface area contributed by atoms with Gasteiger partial charge in [-0.25, -0.2) is 4.79 Å². The molecular weight excluding hydrogens is 308 g/mol. The summed E-state index contributed by atoms with van der Waals surface area (Å²) in [5.41, 5.74) is 1.81. The lowest BCUT2D eigenvalue weighted by atomic mass is 9.63. The molecule has 0 aromatic rings. The Labute approximate surface area is 141 Å². The van der Waals surface area contributed by atoms with Crippen LogP contribution in [0.2, 0.25) is 18.1 Å². The molecule has 0 aromatic heterocycles. The van der Waals surface area contributed by atoms with Crippen molar-refractivity contribution in [2.45, 2.75) is 78.1 Å². The van der Waals surface area contributed by atoms with Crippen molar-refractivity contribution in [2.24, 2.45) is 5.41 Å². The van der Waals surface area contributed by atoms with Crippen molar-refractivity contribution < 1.29 is 18.7 Å². The zero-order valence-electron chi connectivity index (χ0n) is 16.0. The Morgan fingerprint density at radius 1 is 1.26 bits per heavy atom. The number of allylic oxidation sites excluding steroid dienone is 1. The topological polar surface area (TPSA) is 44.8 Å². The summed E-state index contributed by atoms with van der Waals surface area (Å²) in [6.45, 7) is 18.7. The van der Waals surface area contributed by atoms with Crippen molar-refractivity contribution in [3.63, 3.8) is 0 Å². The molecule has 0 unspecified atom stereocenters. The fraction of sp³-hybridized carbons (Fsp3) is 0.833. The first-order valence-corrected chi connectivity index (χ1v) is 11.4. The molecule has 1 aliphatic carbocycles. The van der Waals surface area contributed by atoms with Gasteiger partial charge in [-0.05, 0) is 43.5 Å². The van der Waals surface area contributed by atoms with Crippen LogP contribution in [-0.2, 0) is 13.9 Å². The molecule has 4 nitrogen and oxygen atoms in total. The molecule has 1 atom stereocenters. The van der Waals surface area contributed by atoms with E-state index in [1.807, 2.05) is 0 Å². The van der Waals surface area contributed by atoms with Gasteiger partial charge in [0.1, 0.15) is 6.61 Å². The van der Waals surface area contributed by atoms with Crippen LogP contribution in [0.3, 0.4) is 0 Å². The van der Waals surface area contributed by atoms with Gasteiger partial charge in [-0.3, -0.25) is 0 Å². The smallest absolute Gasteiger partial charge is 0.430 e. The molecule has 0 saturated carbocycles. The lowest BCUT2D eigenvalue weighted by Crippen LogP contribution is -2.52. The van der Waals surface area contributed by atoms with E-state index in [9.17, 15) is 4.79 Å². The molecule has 132 valence electrons. The molecule has 2 aliphatic rings. The Balaban J connectivity index is 2.25. The lowest BCUT2D eigenvalue weighted by Gasteiger charge is -2.47. The van der Waals surface area contributed by atoms with Crippen LogP contribution < -0.4 is 0 Å². The molecule has 2 rings (SSSR count). The maximum absolute atomic E-state index is 11.6. The molecule has 1 fully saturated rings. The van der Waals surface area contributed by atoms with Gasteiger partial charge in [-0.2, -0.15) is 0 Å². The average molecular weight is 341 g/mol. The summed E-state index contributed by atoms with van der Waals surface area (Å²) in [7, 11) is -1.82. The van der Waals surface area contributed by atoms with Crippen molar-refractivity contribution in [1.29, 1.82) is 0 Å². The van der Waals surface area contributed by atoms with Crippen LogP contribution >= 0.6 is 0 Å². The van der Waals surface area contributed by atoms with Crippen LogP contribution in [0.1, 0.15) is 54.4 Å². The minimum Gasteiger partial charge on any atom is -0.430 e. The SMILES string of the molecule is CC1=C(CO[Si](C)(C)C(C)(C)C)C(C)(C)[C@@]2(CC1)COC(=O)O2. The largest absolute Gasteiger partial charge is 0.509 e. The number of rotatable bonds is 3. The number of ether oxygens (including phenoxy) is 2. The summed E-state index contributed by atoms with van der Waals surface area (Å²) in [6.07, 6.45) is 1.21. The van der Waals surface area contributed by atoms with Gasteiger partial charge < -0.3 is 13.9 Å². The molecule has 0 N–H and O–H groups in total. The summed E-state index contributed by atoms with van der Waals surface area (Å²) in [6, 6.07) is 0. The minimum absolute atomic E-state index is 0.181. The van der Waals surface area contributed by atoms with Crippen LogP contribution in [0.5, 0.6) is 0 Å². The van der Waals surface area contributed by atoms with E-state index >= 15 is 0 Å². The first-order valence-electron chi connectivity index (χ1n) is 8.51. The van der Waals surface area contributed by atoms with Crippen molar-refractivity contribution in [2.75, 3.05) is 13.2 Å². The third-order valence-electron chi connectivity index (χ3n) is 6.40. The summed E-state index contributed by atoms with van der Waals surface area (Å²) in [5.74, 6) is 0. The van der Waals surface area contributed by atoms with Crippen LogP contribution in [0, 0.1) is 5.41 Å². The summed E-state index contributed by atoms with van der Waals surface area (Å²) in [4.78, 5) is 11.6. The molecule has 23 heavy (non-hydrogen) atoms. The van der Waals surface area contributed by atoms with Crippen LogP contribution in [0.15, 0.2) is 11.1 Å². The van der Waals surface area contributed by atoms with E-state index in [0.29, 0.717) is 13.2 Å². The molecular formula is C18H32O4Si. The fourth-order valence-corrected chi connectivity index (χ4v) is 4.20. The van der Waals surface area contributed by atoms with Gasteiger partial charge in [-0.1, -0.05) is 40.2 Å². The highest BCUT2D eigenvalue weighted by atomic mass is 28.4. The third-order valence-corrected chi connectivity index (χ3v) is 10.9. The molecule has 0 radical (unpaired) electrons. The monoisotopic (exact) mass is 340 g/mol. The van der Waals surface area contributed by atoms with Crippen molar-refractivity contribution in [3.8, 4) is 0 Å². The molecule has 1 saturated heterocycles. The number of carbonyl (C=O) groups excluding carboxylic acids is 1. The number of hydrogen-bond donors (Lipinski definition) is 0. The maximum atomic E-state index is 11.6. The van der Waals surface area contributed by atoms with Gasteiger partial charge in [0.25, 0.3) is 0 Å². The Morgan fingerprint density at radius 3 is 2.35 bits per heavy atom. The van der Waals surface area contributed by atoms with E-state index in [1.165, 1.54) is 11.1 Å². The zero-order chi connectivity index (χ0) is 17.7. The van der Waals surface area contributed by atoms with E-state index in [0.717, 1.165) is 12.8 Å². The summed E-state index contributed by atoms with van der Waals surface area (Å²) < 4.78 is 17.3. The number of hydrogen-bond acceptors (Lipinski definition) is 4. The first-order chi connectivity index (χ1) is 10.3. The molecule has 0 amide bonds. The standard InChI is InChI=1S/C18H32O4Si/c1-13-9-10-18(12-20-15(19)22-18)17(5,6)14(13)11-21-23(7,8)16(2,3)4/h9-12H2,1-8H3/t18-/m1/s1. The number of cyclic esters (lactones) is 1. The minimum atomic E-state index is -1.82. The quantitative estimate of drug-likeness (QED) is 0.410. The predicted molar refractivity (Wildman–Crippen MR) is 94.0 cm³/mol.